The van der Waals surface area contributed by atoms with Crippen LogP contribution in [0.2, 0.25) is 0 Å². The number of ether oxygens (including phenoxy) is 1. The van der Waals surface area contributed by atoms with E-state index in [0.717, 1.165) is 11.6 Å². The summed E-state index contributed by atoms with van der Waals surface area (Å²) in [7, 11) is -2.32. The van der Waals surface area contributed by atoms with Crippen LogP contribution in [0.4, 0.5) is 10.1 Å². The zero-order chi connectivity index (χ0) is 18.3. The number of halogens is 1. The van der Waals surface area contributed by atoms with Crippen molar-refractivity contribution >= 4 is 21.6 Å². The molecular formula is C17H19FN2O4S. The lowest BCUT2D eigenvalue weighted by Crippen LogP contribution is -2.28. The third-order valence-corrected chi connectivity index (χ3v) is 4.68. The van der Waals surface area contributed by atoms with Crippen molar-refractivity contribution in [1.82, 2.24) is 5.32 Å². The highest BCUT2D eigenvalue weighted by Crippen LogP contribution is 2.17. The number of anilines is 1. The van der Waals surface area contributed by atoms with E-state index in [1.165, 1.54) is 18.2 Å². The van der Waals surface area contributed by atoms with Crippen LogP contribution < -0.4 is 10.0 Å². The molecule has 2 aromatic carbocycles. The molecule has 0 atom stereocenters. The Morgan fingerprint density at radius 2 is 1.88 bits per heavy atom. The number of amides is 1. The molecule has 134 valence electrons. The number of hydrogen-bond acceptors (Lipinski definition) is 4. The molecule has 0 spiro atoms. The largest absolute Gasteiger partial charge is 0.383 e. The SMILES string of the molecule is COCCNC(=O)Cc1ccc(NS(=O)(=O)c2cccc(F)c2)cc1. The second-order valence-electron chi connectivity index (χ2n) is 5.28. The standard InChI is InChI=1S/C17H19FN2O4S/c1-24-10-9-19-17(21)11-13-5-7-15(8-6-13)20-25(22,23)16-4-2-3-14(18)12-16/h2-8,12,20H,9-11H2,1H3,(H,19,21). The van der Waals surface area contributed by atoms with Crippen LogP contribution in [-0.4, -0.2) is 34.6 Å². The van der Waals surface area contributed by atoms with E-state index in [1.54, 1.807) is 31.4 Å². The highest BCUT2D eigenvalue weighted by Gasteiger charge is 2.14. The van der Waals surface area contributed by atoms with Crippen molar-refractivity contribution in [3.05, 3.63) is 59.9 Å². The van der Waals surface area contributed by atoms with E-state index in [9.17, 15) is 17.6 Å². The first kappa shape index (κ1) is 18.9. The highest BCUT2D eigenvalue weighted by molar-refractivity contribution is 7.92. The first-order chi connectivity index (χ1) is 11.9. The number of methoxy groups -OCH3 is 1. The van der Waals surface area contributed by atoms with Crippen LogP contribution in [0.1, 0.15) is 5.56 Å². The van der Waals surface area contributed by atoms with E-state index in [4.69, 9.17) is 4.74 Å². The maximum absolute atomic E-state index is 13.2. The molecule has 0 aliphatic carbocycles. The van der Waals surface area contributed by atoms with Crippen molar-refractivity contribution in [3.63, 3.8) is 0 Å². The van der Waals surface area contributed by atoms with Gasteiger partial charge in [-0.05, 0) is 35.9 Å². The van der Waals surface area contributed by atoms with Gasteiger partial charge in [-0.2, -0.15) is 0 Å². The number of nitrogens with one attached hydrogen (secondary N) is 2. The third-order valence-electron chi connectivity index (χ3n) is 3.31. The average Bonchev–Trinajstić information content (AvgIpc) is 2.57. The molecule has 0 aliphatic heterocycles. The molecule has 8 heteroatoms. The molecule has 0 bridgehead atoms. The van der Waals surface area contributed by atoms with Crippen LogP contribution in [0.25, 0.3) is 0 Å². The molecule has 2 rings (SSSR count). The van der Waals surface area contributed by atoms with Crippen molar-refractivity contribution in [1.29, 1.82) is 0 Å². The van der Waals surface area contributed by atoms with Crippen LogP contribution in [0, 0.1) is 5.82 Å². The molecule has 25 heavy (non-hydrogen) atoms. The first-order valence-electron chi connectivity index (χ1n) is 7.54. The van der Waals surface area contributed by atoms with Gasteiger partial charge in [0.15, 0.2) is 0 Å². The fourth-order valence-electron chi connectivity index (χ4n) is 2.08. The number of hydrogen-bond donors (Lipinski definition) is 2. The first-order valence-corrected chi connectivity index (χ1v) is 9.02. The van der Waals surface area contributed by atoms with E-state index in [0.29, 0.717) is 18.8 Å². The fraction of sp³-hybridized carbons (Fsp3) is 0.235. The normalized spacial score (nSPS) is 11.1. The predicted octanol–water partition coefficient (Wildman–Crippen LogP) is 1.93. The van der Waals surface area contributed by atoms with Crippen LogP contribution in [0.15, 0.2) is 53.4 Å². The molecule has 0 heterocycles. The van der Waals surface area contributed by atoms with Crippen molar-refractivity contribution in [3.8, 4) is 0 Å². The average molecular weight is 366 g/mol. The van der Waals surface area contributed by atoms with Crippen LogP contribution in [0.5, 0.6) is 0 Å². The molecule has 0 aliphatic rings. The zero-order valence-electron chi connectivity index (χ0n) is 13.7. The zero-order valence-corrected chi connectivity index (χ0v) is 14.5. The molecule has 0 aromatic heterocycles. The van der Waals surface area contributed by atoms with Gasteiger partial charge >= 0.3 is 0 Å². The van der Waals surface area contributed by atoms with Crippen molar-refractivity contribution in [2.24, 2.45) is 0 Å². The van der Waals surface area contributed by atoms with E-state index in [2.05, 4.69) is 10.0 Å². The molecule has 0 radical (unpaired) electrons. The molecule has 0 saturated carbocycles. The van der Waals surface area contributed by atoms with E-state index in [-0.39, 0.29) is 17.2 Å². The van der Waals surface area contributed by atoms with Gasteiger partial charge in [0.05, 0.1) is 17.9 Å². The third kappa shape index (κ3) is 5.84. The maximum Gasteiger partial charge on any atom is 0.261 e. The lowest BCUT2D eigenvalue weighted by Gasteiger charge is -2.09. The summed E-state index contributed by atoms with van der Waals surface area (Å²) >= 11 is 0. The summed E-state index contributed by atoms with van der Waals surface area (Å²) in [6.07, 6.45) is 0.181. The lowest BCUT2D eigenvalue weighted by atomic mass is 10.1. The molecule has 1 amide bonds. The Bertz CT molecular complexity index is 823. The lowest BCUT2D eigenvalue weighted by molar-refractivity contribution is -0.120. The minimum Gasteiger partial charge on any atom is -0.383 e. The van der Waals surface area contributed by atoms with Gasteiger partial charge in [-0.3, -0.25) is 9.52 Å². The molecule has 2 aromatic rings. The van der Waals surface area contributed by atoms with Gasteiger partial charge in [0.1, 0.15) is 5.82 Å². The topological polar surface area (TPSA) is 84.5 Å². The van der Waals surface area contributed by atoms with Gasteiger partial charge in [0.2, 0.25) is 5.91 Å². The number of benzene rings is 2. The number of carbonyl (C=O) groups excluding carboxylic acids is 1. The Hall–Kier alpha value is -2.45. The predicted molar refractivity (Wildman–Crippen MR) is 92.2 cm³/mol. The van der Waals surface area contributed by atoms with Crippen molar-refractivity contribution in [2.75, 3.05) is 25.0 Å². The van der Waals surface area contributed by atoms with Gasteiger partial charge in [-0.15, -0.1) is 0 Å². The van der Waals surface area contributed by atoms with Crippen LogP contribution >= 0.6 is 0 Å². The van der Waals surface area contributed by atoms with Gasteiger partial charge in [0.25, 0.3) is 10.0 Å². The Labute approximate surface area is 146 Å². The molecule has 0 unspecified atom stereocenters. The summed E-state index contributed by atoms with van der Waals surface area (Å²) in [6.45, 7) is 0.868. The minimum atomic E-state index is -3.87. The number of carbonyl (C=O) groups is 1. The minimum absolute atomic E-state index is 0.148. The molecule has 6 nitrogen and oxygen atoms in total. The quantitative estimate of drug-likeness (QED) is 0.699. The van der Waals surface area contributed by atoms with E-state index < -0.39 is 15.8 Å². The number of sulfonamides is 1. The van der Waals surface area contributed by atoms with E-state index in [1.807, 2.05) is 0 Å². The van der Waals surface area contributed by atoms with Crippen LogP contribution in [-0.2, 0) is 26.0 Å². The van der Waals surface area contributed by atoms with Gasteiger partial charge < -0.3 is 10.1 Å². The summed E-state index contributed by atoms with van der Waals surface area (Å²) in [5, 5.41) is 2.70. The van der Waals surface area contributed by atoms with Gasteiger partial charge in [0, 0.05) is 19.3 Å². The Kier molecular flexibility index (Phi) is 6.49. The second-order valence-corrected chi connectivity index (χ2v) is 6.96. The Morgan fingerprint density at radius 3 is 2.52 bits per heavy atom. The maximum atomic E-state index is 13.2. The second kappa shape index (κ2) is 8.59. The van der Waals surface area contributed by atoms with E-state index >= 15 is 0 Å². The van der Waals surface area contributed by atoms with Crippen molar-refractivity contribution < 1.29 is 22.3 Å². The molecular weight excluding hydrogens is 347 g/mol. The smallest absolute Gasteiger partial charge is 0.261 e. The monoisotopic (exact) mass is 366 g/mol. The van der Waals surface area contributed by atoms with Gasteiger partial charge in [-0.25, -0.2) is 12.8 Å². The van der Waals surface area contributed by atoms with Crippen LogP contribution in [0.3, 0.4) is 0 Å². The Morgan fingerprint density at radius 1 is 1.16 bits per heavy atom. The molecule has 2 N–H and O–H groups in total. The summed E-state index contributed by atoms with van der Waals surface area (Å²) in [5.74, 6) is -0.775. The summed E-state index contributed by atoms with van der Waals surface area (Å²) < 4.78 is 44.8. The summed E-state index contributed by atoms with van der Waals surface area (Å²) in [6, 6.07) is 11.2. The Balaban J connectivity index is 1.99. The van der Waals surface area contributed by atoms with Crippen molar-refractivity contribution in [2.45, 2.75) is 11.3 Å². The molecule has 0 saturated heterocycles. The fourth-order valence-corrected chi connectivity index (χ4v) is 3.17. The number of rotatable bonds is 8. The summed E-state index contributed by atoms with van der Waals surface area (Å²) in [4.78, 5) is 11.5. The molecule has 0 fully saturated rings. The summed E-state index contributed by atoms with van der Waals surface area (Å²) in [5.41, 5.74) is 1.07. The van der Waals surface area contributed by atoms with Gasteiger partial charge in [-0.1, -0.05) is 18.2 Å². The highest BCUT2D eigenvalue weighted by atomic mass is 32.2.